The van der Waals surface area contributed by atoms with Crippen LogP contribution in [0.2, 0.25) is 5.02 Å². The van der Waals surface area contributed by atoms with Crippen LogP contribution >= 0.6 is 46.4 Å². The molecule has 0 unspecified atom stereocenters. The number of anilines is 1. The van der Waals surface area contributed by atoms with E-state index < -0.39 is 3.79 Å². The van der Waals surface area contributed by atoms with Crippen LogP contribution < -0.4 is 5.32 Å². The van der Waals surface area contributed by atoms with E-state index in [1.807, 2.05) is 0 Å². The van der Waals surface area contributed by atoms with Crippen molar-refractivity contribution in [3.05, 3.63) is 41.4 Å². The average molecular weight is 299 g/mol. The molecule has 0 heterocycles. The summed E-state index contributed by atoms with van der Waals surface area (Å²) in [6.07, 6.45) is 2.32. The standard InChI is InChI=1S/C10H7Cl4NO/c11-7-1-3-8(4-2-7)15-9(16)5-6-10(12,13)14/h1-6H,(H,15,16). The highest BCUT2D eigenvalue weighted by atomic mass is 35.6. The molecule has 0 radical (unpaired) electrons. The lowest BCUT2D eigenvalue weighted by atomic mass is 10.3. The summed E-state index contributed by atoms with van der Waals surface area (Å²) in [5.74, 6) is -0.381. The number of carbonyl (C=O) groups excluding carboxylic acids is 1. The number of halogens is 4. The number of allylic oxidation sites excluding steroid dienone is 1. The summed E-state index contributed by atoms with van der Waals surface area (Å²) < 4.78 is -1.57. The minimum atomic E-state index is -1.57. The van der Waals surface area contributed by atoms with Gasteiger partial charge < -0.3 is 5.32 Å². The Morgan fingerprint density at radius 2 is 1.75 bits per heavy atom. The van der Waals surface area contributed by atoms with E-state index in [0.29, 0.717) is 10.7 Å². The van der Waals surface area contributed by atoms with Crippen molar-refractivity contribution in [1.29, 1.82) is 0 Å². The van der Waals surface area contributed by atoms with Gasteiger partial charge in [0.2, 0.25) is 9.70 Å². The minimum absolute atomic E-state index is 0.381. The van der Waals surface area contributed by atoms with E-state index >= 15 is 0 Å². The number of benzene rings is 1. The number of hydrogen-bond donors (Lipinski definition) is 1. The van der Waals surface area contributed by atoms with Crippen LogP contribution in [-0.2, 0) is 4.79 Å². The highest BCUT2D eigenvalue weighted by molar-refractivity contribution is 6.69. The lowest BCUT2D eigenvalue weighted by Crippen LogP contribution is -2.09. The van der Waals surface area contributed by atoms with Crippen molar-refractivity contribution in [2.24, 2.45) is 0 Å². The summed E-state index contributed by atoms with van der Waals surface area (Å²) in [5.41, 5.74) is 0.614. The van der Waals surface area contributed by atoms with Crippen LogP contribution in [-0.4, -0.2) is 9.70 Å². The summed E-state index contributed by atoms with van der Waals surface area (Å²) >= 11 is 22.0. The molecule has 0 aliphatic rings. The molecule has 1 N–H and O–H groups in total. The Hall–Kier alpha value is -0.410. The van der Waals surface area contributed by atoms with Gasteiger partial charge in [0, 0.05) is 16.8 Å². The number of alkyl halides is 3. The maximum absolute atomic E-state index is 11.3. The zero-order valence-corrected chi connectivity index (χ0v) is 10.9. The van der Waals surface area contributed by atoms with E-state index in [-0.39, 0.29) is 5.91 Å². The van der Waals surface area contributed by atoms with Gasteiger partial charge in [-0.25, -0.2) is 0 Å². The first-order chi connectivity index (χ1) is 7.37. The topological polar surface area (TPSA) is 29.1 Å². The second-order valence-electron chi connectivity index (χ2n) is 2.87. The molecular weight excluding hydrogens is 292 g/mol. The lowest BCUT2D eigenvalue weighted by Gasteiger charge is -2.04. The maximum Gasteiger partial charge on any atom is 0.248 e. The van der Waals surface area contributed by atoms with Gasteiger partial charge in [0.15, 0.2) is 0 Å². The van der Waals surface area contributed by atoms with Gasteiger partial charge in [0.25, 0.3) is 0 Å². The summed E-state index contributed by atoms with van der Waals surface area (Å²) in [6, 6.07) is 6.67. The van der Waals surface area contributed by atoms with Crippen molar-refractivity contribution in [2.45, 2.75) is 3.79 Å². The van der Waals surface area contributed by atoms with Gasteiger partial charge in [0.05, 0.1) is 0 Å². The molecule has 6 heteroatoms. The molecule has 0 aromatic heterocycles. The molecule has 0 aliphatic heterocycles. The van der Waals surface area contributed by atoms with E-state index in [2.05, 4.69) is 5.32 Å². The van der Waals surface area contributed by atoms with Crippen molar-refractivity contribution in [3.8, 4) is 0 Å². The largest absolute Gasteiger partial charge is 0.323 e. The van der Waals surface area contributed by atoms with Gasteiger partial charge in [-0.3, -0.25) is 4.79 Å². The zero-order chi connectivity index (χ0) is 12.2. The second kappa shape index (κ2) is 5.78. The summed E-state index contributed by atoms with van der Waals surface area (Å²) in [7, 11) is 0. The molecule has 1 aromatic carbocycles. The Morgan fingerprint density at radius 3 is 2.25 bits per heavy atom. The molecule has 86 valence electrons. The van der Waals surface area contributed by atoms with Gasteiger partial charge in [-0.2, -0.15) is 0 Å². The number of rotatable bonds is 2. The van der Waals surface area contributed by atoms with Crippen LogP contribution in [0.3, 0.4) is 0 Å². The third kappa shape index (κ3) is 5.61. The Labute approximate surface area is 113 Å². The van der Waals surface area contributed by atoms with Gasteiger partial charge in [0.1, 0.15) is 0 Å². The molecule has 0 bridgehead atoms. The van der Waals surface area contributed by atoms with Gasteiger partial charge in [-0.15, -0.1) is 0 Å². The predicted octanol–water partition coefficient (Wildman–Crippen LogP) is 4.20. The van der Waals surface area contributed by atoms with Crippen LogP contribution in [0.15, 0.2) is 36.4 Å². The monoisotopic (exact) mass is 297 g/mol. The van der Waals surface area contributed by atoms with Crippen LogP contribution in [0.4, 0.5) is 5.69 Å². The number of amides is 1. The van der Waals surface area contributed by atoms with Crippen molar-refractivity contribution in [1.82, 2.24) is 0 Å². The van der Waals surface area contributed by atoms with Crippen molar-refractivity contribution in [3.63, 3.8) is 0 Å². The molecule has 0 fully saturated rings. The molecule has 1 rings (SSSR count). The molecule has 1 aromatic rings. The average Bonchev–Trinajstić information content (AvgIpc) is 2.18. The fraction of sp³-hybridized carbons (Fsp3) is 0.100. The van der Waals surface area contributed by atoms with Gasteiger partial charge >= 0.3 is 0 Å². The quantitative estimate of drug-likeness (QED) is 0.643. The lowest BCUT2D eigenvalue weighted by molar-refractivity contribution is -0.111. The number of nitrogens with one attached hydrogen (secondary N) is 1. The molecule has 1 amide bonds. The second-order valence-corrected chi connectivity index (χ2v) is 5.68. The van der Waals surface area contributed by atoms with Crippen LogP contribution in [0, 0.1) is 0 Å². The van der Waals surface area contributed by atoms with E-state index in [9.17, 15) is 4.79 Å². The first kappa shape index (κ1) is 13.7. The Morgan fingerprint density at radius 1 is 1.19 bits per heavy atom. The van der Waals surface area contributed by atoms with Crippen LogP contribution in [0.5, 0.6) is 0 Å². The minimum Gasteiger partial charge on any atom is -0.323 e. The van der Waals surface area contributed by atoms with Crippen molar-refractivity contribution < 1.29 is 4.79 Å². The Bertz CT molecular complexity index is 394. The molecule has 0 saturated heterocycles. The molecular formula is C10H7Cl4NO. The normalized spacial score (nSPS) is 11.8. The predicted molar refractivity (Wildman–Crippen MR) is 69.5 cm³/mol. The molecule has 0 aliphatic carbocycles. The smallest absolute Gasteiger partial charge is 0.248 e. The molecule has 0 saturated carbocycles. The fourth-order valence-electron chi connectivity index (χ4n) is 0.887. The van der Waals surface area contributed by atoms with E-state index in [1.54, 1.807) is 24.3 Å². The van der Waals surface area contributed by atoms with Crippen molar-refractivity contribution in [2.75, 3.05) is 5.32 Å². The Balaban J connectivity index is 2.59. The summed E-state index contributed by atoms with van der Waals surface area (Å²) in [4.78, 5) is 11.3. The SMILES string of the molecule is O=C(C=CC(Cl)(Cl)Cl)Nc1ccc(Cl)cc1. The first-order valence-corrected chi connectivity index (χ1v) is 5.70. The van der Waals surface area contributed by atoms with E-state index in [4.69, 9.17) is 46.4 Å². The molecule has 2 nitrogen and oxygen atoms in total. The van der Waals surface area contributed by atoms with Gasteiger partial charge in [-0.1, -0.05) is 46.4 Å². The van der Waals surface area contributed by atoms with E-state index in [1.165, 1.54) is 6.08 Å². The van der Waals surface area contributed by atoms with Crippen LogP contribution in [0.1, 0.15) is 0 Å². The number of hydrogen-bond acceptors (Lipinski definition) is 1. The van der Waals surface area contributed by atoms with Crippen LogP contribution in [0.25, 0.3) is 0 Å². The summed E-state index contributed by atoms with van der Waals surface area (Å²) in [5, 5.41) is 3.17. The number of carbonyl (C=O) groups is 1. The highest BCUT2D eigenvalue weighted by Gasteiger charge is 2.14. The first-order valence-electron chi connectivity index (χ1n) is 4.19. The Kier molecular flexibility index (Phi) is 4.93. The molecule has 0 atom stereocenters. The highest BCUT2D eigenvalue weighted by Crippen LogP contribution is 2.27. The molecule has 0 spiro atoms. The van der Waals surface area contributed by atoms with E-state index in [0.717, 1.165) is 6.08 Å². The van der Waals surface area contributed by atoms with Crippen molar-refractivity contribution >= 4 is 58.0 Å². The molecule has 16 heavy (non-hydrogen) atoms. The fourth-order valence-corrected chi connectivity index (χ4v) is 1.20. The maximum atomic E-state index is 11.3. The van der Waals surface area contributed by atoms with Gasteiger partial charge in [-0.05, 0) is 30.3 Å². The summed E-state index contributed by atoms with van der Waals surface area (Å²) in [6.45, 7) is 0. The third-order valence-electron chi connectivity index (χ3n) is 1.54. The zero-order valence-electron chi connectivity index (χ0n) is 7.88. The third-order valence-corrected chi connectivity index (χ3v) is 2.17.